The Morgan fingerprint density at radius 3 is 2.93 bits per heavy atom. The molecule has 1 aromatic rings. The number of aromatic nitrogens is 1. The lowest BCUT2D eigenvalue weighted by Gasteiger charge is -2.21. The smallest absolute Gasteiger partial charge is 0.276 e. The number of hydrogen-bond acceptors (Lipinski definition) is 3. The molecule has 2 atom stereocenters. The van der Waals surface area contributed by atoms with Gasteiger partial charge in [-0.25, -0.2) is 0 Å². The summed E-state index contributed by atoms with van der Waals surface area (Å²) in [6, 6.07) is 1.91. The van der Waals surface area contributed by atoms with E-state index in [9.17, 15) is 4.79 Å². The van der Waals surface area contributed by atoms with Gasteiger partial charge in [0.2, 0.25) is 0 Å². The van der Waals surface area contributed by atoms with Gasteiger partial charge in [-0.15, -0.1) is 0 Å². The number of likely N-dealkylation sites (tertiary alicyclic amines) is 1. The van der Waals surface area contributed by atoms with Gasteiger partial charge in [-0.2, -0.15) is 0 Å². The standard InChI is InChI=1S/C10H14N2O2/c1-7-3-5-12(8(7)2)10(13)9-4-6-14-11-9/h4,6-8H,3,5H2,1-2H3. The molecule has 0 bridgehead atoms. The van der Waals surface area contributed by atoms with E-state index in [1.165, 1.54) is 6.26 Å². The van der Waals surface area contributed by atoms with Crippen molar-refractivity contribution in [2.75, 3.05) is 6.54 Å². The number of amides is 1. The van der Waals surface area contributed by atoms with E-state index >= 15 is 0 Å². The third kappa shape index (κ3) is 1.41. The Morgan fingerprint density at radius 2 is 2.43 bits per heavy atom. The highest BCUT2D eigenvalue weighted by Gasteiger charge is 2.32. The molecule has 0 radical (unpaired) electrons. The molecule has 1 aliphatic heterocycles. The van der Waals surface area contributed by atoms with Gasteiger partial charge in [0, 0.05) is 18.7 Å². The van der Waals surface area contributed by atoms with Crippen molar-refractivity contribution >= 4 is 5.91 Å². The molecule has 2 rings (SSSR count). The average molecular weight is 194 g/mol. The zero-order valence-corrected chi connectivity index (χ0v) is 8.43. The minimum absolute atomic E-state index is 0.0180. The Bertz CT molecular complexity index is 321. The van der Waals surface area contributed by atoms with Gasteiger partial charge in [-0.3, -0.25) is 4.79 Å². The largest absolute Gasteiger partial charge is 0.364 e. The number of carbonyl (C=O) groups is 1. The molecule has 2 heterocycles. The third-order valence-electron chi connectivity index (χ3n) is 3.06. The van der Waals surface area contributed by atoms with Crippen molar-refractivity contribution in [3.63, 3.8) is 0 Å². The monoisotopic (exact) mass is 194 g/mol. The van der Waals surface area contributed by atoms with Gasteiger partial charge in [0.25, 0.3) is 5.91 Å². The van der Waals surface area contributed by atoms with Crippen molar-refractivity contribution < 1.29 is 9.32 Å². The normalized spacial score (nSPS) is 26.9. The SMILES string of the molecule is CC1CCN(C(=O)c2ccon2)C1C. The van der Waals surface area contributed by atoms with Gasteiger partial charge in [0.05, 0.1) is 0 Å². The van der Waals surface area contributed by atoms with Gasteiger partial charge in [-0.05, 0) is 19.3 Å². The van der Waals surface area contributed by atoms with Crippen LogP contribution < -0.4 is 0 Å². The number of carbonyl (C=O) groups excluding carboxylic acids is 1. The quantitative estimate of drug-likeness (QED) is 0.681. The zero-order chi connectivity index (χ0) is 10.1. The molecule has 0 aromatic carbocycles. The number of hydrogen-bond donors (Lipinski definition) is 0. The van der Waals surface area contributed by atoms with Gasteiger partial charge in [-0.1, -0.05) is 12.1 Å². The van der Waals surface area contributed by atoms with E-state index in [2.05, 4.69) is 23.5 Å². The second kappa shape index (κ2) is 3.44. The highest BCUT2D eigenvalue weighted by molar-refractivity contribution is 5.92. The van der Waals surface area contributed by atoms with Crippen molar-refractivity contribution in [1.29, 1.82) is 0 Å². The maximum Gasteiger partial charge on any atom is 0.276 e. The Hall–Kier alpha value is -1.32. The van der Waals surface area contributed by atoms with Crippen molar-refractivity contribution in [3.8, 4) is 0 Å². The highest BCUT2D eigenvalue weighted by Crippen LogP contribution is 2.24. The lowest BCUT2D eigenvalue weighted by molar-refractivity contribution is 0.0724. The Morgan fingerprint density at radius 1 is 1.64 bits per heavy atom. The maximum atomic E-state index is 11.9. The predicted octanol–water partition coefficient (Wildman–Crippen LogP) is 1.55. The van der Waals surface area contributed by atoms with E-state index in [0.717, 1.165) is 13.0 Å². The van der Waals surface area contributed by atoms with Crippen LogP contribution in [0.2, 0.25) is 0 Å². The van der Waals surface area contributed by atoms with E-state index in [1.807, 2.05) is 4.90 Å². The molecular weight excluding hydrogens is 180 g/mol. The molecule has 1 aliphatic rings. The van der Waals surface area contributed by atoms with Crippen molar-refractivity contribution in [2.24, 2.45) is 5.92 Å². The molecule has 0 aliphatic carbocycles. The molecule has 1 aromatic heterocycles. The Kier molecular flexibility index (Phi) is 2.27. The van der Waals surface area contributed by atoms with Crippen molar-refractivity contribution in [3.05, 3.63) is 18.0 Å². The van der Waals surface area contributed by atoms with Crippen LogP contribution in [0.25, 0.3) is 0 Å². The first-order valence-electron chi connectivity index (χ1n) is 4.91. The molecule has 1 saturated heterocycles. The molecule has 1 amide bonds. The highest BCUT2D eigenvalue weighted by atomic mass is 16.5. The predicted molar refractivity (Wildman–Crippen MR) is 50.8 cm³/mol. The summed E-state index contributed by atoms with van der Waals surface area (Å²) in [5.41, 5.74) is 0.408. The average Bonchev–Trinajstić information content (AvgIpc) is 2.77. The van der Waals surface area contributed by atoms with Gasteiger partial charge in [0.15, 0.2) is 5.69 Å². The second-order valence-corrected chi connectivity index (χ2v) is 3.89. The van der Waals surface area contributed by atoms with Crippen molar-refractivity contribution in [2.45, 2.75) is 26.3 Å². The summed E-state index contributed by atoms with van der Waals surface area (Å²) in [5.74, 6) is 0.557. The first kappa shape index (κ1) is 9.24. The molecule has 76 valence electrons. The second-order valence-electron chi connectivity index (χ2n) is 3.89. The van der Waals surface area contributed by atoms with Crippen LogP contribution >= 0.6 is 0 Å². The van der Waals surface area contributed by atoms with Gasteiger partial charge < -0.3 is 9.42 Å². The molecule has 4 nitrogen and oxygen atoms in total. The van der Waals surface area contributed by atoms with Crippen LogP contribution in [0.5, 0.6) is 0 Å². The lowest BCUT2D eigenvalue weighted by atomic mass is 10.1. The lowest BCUT2D eigenvalue weighted by Crippen LogP contribution is -2.35. The van der Waals surface area contributed by atoms with E-state index in [1.54, 1.807) is 6.07 Å². The van der Waals surface area contributed by atoms with E-state index in [4.69, 9.17) is 0 Å². The summed E-state index contributed by atoms with van der Waals surface area (Å²) in [6.07, 6.45) is 2.50. The molecule has 1 fully saturated rings. The van der Waals surface area contributed by atoms with Gasteiger partial charge in [0.1, 0.15) is 6.26 Å². The molecule has 4 heteroatoms. The fraction of sp³-hybridized carbons (Fsp3) is 0.600. The first-order chi connectivity index (χ1) is 6.70. The molecule has 0 N–H and O–H groups in total. The minimum atomic E-state index is -0.0180. The fourth-order valence-electron chi connectivity index (χ4n) is 1.85. The maximum absolute atomic E-state index is 11.9. The third-order valence-corrected chi connectivity index (χ3v) is 3.06. The minimum Gasteiger partial charge on any atom is -0.364 e. The summed E-state index contributed by atoms with van der Waals surface area (Å²) in [4.78, 5) is 13.7. The number of rotatable bonds is 1. The van der Waals surface area contributed by atoms with E-state index < -0.39 is 0 Å². The fourth-order valence-corrected chi connectivity index (χ4v) is 1.85. The summed E-state index contributed by atoms with van der Waals surface area (Å²) >= 11 is 0. The van der Waals surface area contributed by atoms with Crippen LogP contribution in [-0.4, -0.2) is 28.6 Å². The molecular formula is C10H14N2O2. The molecule has 0 spiro atoms. The van der Waals surface area contributed by atoms with Gasteiger partial charge >= 0.3 is 0 Å². The van der Waals surface area contributed by atoms with E-state index in [0.29, 0.717) is 17.7 Å². The van der Waals surface area contributed by atoms with Crippen LogP contribution in [0.4, 0.5) is 0 Å². The van der Waals surface area contributed by atoms with Crippen LogP contribution in [0.1, 0.15) is 30.8 Å². The summed E-state index contributed by atoms with van der Waals surface area (Å²) in [6.45, 7) is 5.07. The van der Waals surface area contributed by atoms with Crippen LogP contribution in [-0.2, 0) is 0 Å². The summed E-state index contributed by atoms with van der Waals surface area (Å²) in [7, 11) is 0. The molecule has 2 unspecified atom stereocenters. The van der Waals surface area contributed by atoms with Crippen molar-refractivity contribution in [1.82, 2.24) is 10.1 Å². The first-order valence-corrected chi connectivity index (χ1v) is 4.91. The van der Waals surface area contributed by atoms with Crippen LogP contribution in [0, 0.1) is 5.92 Å². The van der Waals surface area contributed by atoms with E-state index in [-0.39, 0.29) is 5.91 Å². The zero-order valence-electron chi connectivity index (χ0n) is 8.43. The molecule has 0 saturated carbocycles. The summed E-state index contributed by atoms with van der Waals surface area (Å²) in [5, 5.41) is 3.65. The summed E-state index contributed by atoms with van der Waals surface area (Å²) < 4.78 is 4.66. The Balaban J connectivity index is 2.13. The topological polar surface area (TPSA) is 46.3 Å². The number of nitrogens with zero attached hydrogens (tertiary/aromatic N) is 2. The Labute approximate surface area is 82.9 Å². The van der Waals surface area contributed by atoms with Crippen LogP contribution in [0.3, 0.4) is 0 Å². The molecule has 14 heavy (non-hydrogen) atoms. The van der Waals surface area contributed by atoms with Crippen LogP contribution in [0.15, 0.2) is 16.9 Å².